The first-order chi connectivity index (χ1) is 15.8. The molecule has 2 amide bonds. The Hall–Kier alpha value is -3.33. The van der Waals surface area contributed by atoms with E-state index in [1.165, 1.54) is 17.6 Å². The fourth-order valence-electron chi connectivity index (χ4n) is 3.10. The first kappa shape index (κ1) is 24.3. The normalized spacial score (nSPS) is 11.8. The minimum atomic E-state index is -0.296. The summed E-state index contributed by atoms with van der Waals surface area (Å²) in [5.74, 6) is 1.78. The molecule has 2 N–H and O–H groups in total. The third-order valence-corrected chi connectivity index (χ3v) is 5.66. The van der Waals surface area contributed by atoms with Crippen molar-refractivity contribution in [1.82, 2.24) is 10.3 Å². The lowest BCUT2D eigenvalue weighted by molar-refractivity contribution is -0.121. The van der Waals surface area contributed by atoms with Crippen LogP contribution < -0.4 is 20.1 Å². The number of carbonyl (C=O) groups is 2. The van der Waals surface area contributed by atoms with Crippen LogP contribution in [0.2, 0.25) is 0 Å². The van der Waals surface area contributed by atoms with Gasteiger partial charge in [-0.2, -0.15) is 0 Å². The number of benzene rings is 1. The second-order valence-electron chi connectivity index (χ2n) is 8.07. The van der Waals surface area contributed by atoms with E-state index in [0.29, 0.717) is 46.2 Å². The van der Waals surface area contributed by atoms with Crippen LogP contribution >= 0.6 is 11.3 Å². The maximum atomic E-state index is 12.6. The summed E-state index contributed by atoms with van der Waals surface area (Å²) in [5, 5.41) is 7.89. The van der Waals surface area contributed by atoms with Crippen molar-refractivity contribution in [3.63, 3.8) is 0 Å². The molecular weight excluding hydrogens is 442 g/mol. The third kappa shape index (κ3) is 6.58. The van der Waals surface area contributed by atoms with Crippen molar-refractivity contribution >= 4 is 28.3 Å². The van der Waals surface area contributed by atoms with Gasteiger partial charge in [0.15, 0.2) is 16.6 Å². The van der Waals surface area contributed by atoms with Crippen LogP contribution in [0.5, 0.6) is 11.5 Å². The molecule has 1 atom stereocenters. The third-order valence-electron chi connectivity index (χ3n) is 4.85. The smallest absolute Gasteiger partial charge is 0.260 e. The molecule has 1 unspecified atom stereocenters. The number of furan rings is 1. The first-order valence-corrected chi connectivity index (χ1v) is 11.5. The Bertz CT molecular complexity index is 1110. The van der Waals surface area contributed by atoms with Crippen LogP contribution in [0.4, 0.5) is 5.13 Å². The van der Waals surface area contributed by atoms with Gasteiger partial charge in [0.1, 0.15) is 5.76 Å². The Morgan fingerprint density at radius 2 is 1.97 bits per heavy atom. The molecule has 2 heterocycles. The number of thiazole rings is 1. The molecule has 0 spiro atoms. The Labute approximate surface area is 197 Å². The number of methoxy groups -OCH3 is 1. The van der Waals surface area contributed by atoms with Crippen LogP contribution in [-0.2, 0) is 11.2 Å². The summed E-state index contributed by atoms with van der Waals surface area (Å²) in [7, 11) is 1.59. The molecule has 8 nitrogen and oxygen atoms in total. The Morgan fingerprint density at radius 3 is 2.64 bits per heavy atom. The average molecular weight is 472 g/mol. The van der Waals surface area contributed by atoms with Crippen molar-refractivity contribution in [2.75, 3.05) is 19.0 Å². The molecule has 3 aromatic rings. The summed E-state index contributed by atoms with van der Waals surface area (Å²) in [6, 6.07) is 7.02. The van der Waals surface area contributed by atoms with Crippen molar-refractivity contribution in [1.29, 1.82) is 0 Å². The lowest BCUT2D eigenvalue weighted by atomic mass is 10.1. The van der Waals surface area contributed by atoms with Gasteiger partial charge in [0.05, 0.1) is 43.7 Å². The maximum Gasteiger partial charge on any atom is 0.260 e. The number of aromatic nitrogens is 1. The summed E-state index contributed by atoms with van der Waals surface area (Å²) < 4.78 is 16.4. The van der Waals surface area contributed by atoms with Crippen molar-refractivity contribution in [2.45, 2.75) is 40.2 Å². The Kier molecular flexibility index (Phi) is 8.11. The number of aryl methyl sites for hydroxylation is 1. The van der Waals surface area contributed by atoms with Crippen molar-refractivity contribution in [3.05, 3.63) is 58.5 Å². The van der Waals surface area contributed by atoms with E-state index in [-0.39, 0.29) is 24.3 Å². The highest BCUT2D eigenvalue weighted by molar-refractivity contribution is 7.14. The highest BCUT2D eigenvalue weighted by atomic mass is 32.1. The number of nitrogens with one attached hydrogen (secondary N) is 2. The van der Waals surface area contributed by atoms with Gasteiger partial charge in [-0.25, -0.2) is 4.98 Å². The zero-order valence-corrected chi connectivity index (χ0v) is 20.2. The van der Waals surface area contributed by atoms with E-state index in [1.807, 2.05) is 25.1 Å². The summed E-state index contributed by atoms with van der Waals surface area (Å²) in [6.07, 6.45) is 1.57. The molecule has 33 heavy (non-hydrogen) atoms. The molecule has 3 rings (SSSR count). The number of carbonyl (C=O) groups excluding carboxylic acids is 2. The molecule has 0 aliphatic heterocycles. The Morgan fingerprint density at radius 1 is 1.18 bits per heavy atom. The van der Waals surface area contributed by atoms with Gasteiger partial charge < -0.3 is 19.2 Å². The second-order valence-corrected chi connectivity index (χ2v) is 8.93. The average Bonchev–Trinajstić information content (AvgIpc) is 3.40. The minimum Gasteiger partial charge on any atom is -0.493 e. The molecule has 0 saturated heterocycles. The summed E-state index contributed by atoms with van der Waals surface area (Å²) in [4.78, 5) is 29.2. The molecule has 176 valence electrons. The highest BCUT2D eigenvalue weighted by Crippen LogP contribution is 2.30. The predicted octanol–water partition coefficient (Wildman–Crippen LogP) is 4.76. The molecular formula is C24H29N3O5S. The van der Waals surface area contributed by atoms with Crippen LogP contribution in [0.15, 0.2) is 40.3 Å². The molecule has 0 radical (unpaired) electrons. The van der Waals surface area contributed by atoms with Gasteiger partial charge in [-0.3, -0.25) is 14.9 Å². The van der Waals surface area contributed by atoms with Gasteiger partial charge in [-0.15, -0.1) is 11.3 Å². The molecule has 0 bridgehead atoms. The second kappa shape index (κ2) is 11.0. The SMILES string of the molecule is COc1cc(C(C)NC(=O)Cc2csc(NC(=O)c3ccoc3C)n2)ccc1OCC(C)C. The Balaban J connectivity index is 1.56. The summed E-state index contributed by atoms with van der Waals surface area (Å²) >= 11 is 1.27. The van der Waals surface area contributed by atoms with E-state index in [4.69, 9.17) is 13.9 Å². The number of anilines is 1. The summed E-state index contributed by atoms with van der Waals surface area (Å²) in [6.45, 7) is 8.38. The molecule has 2 aromatic heterocycles. The minimum absolute atomic E-state index is 0.105. The predicted molar refractivity (Wildman–Crippen MR) is 127 cm³/mol. The number of hydrogen-bond acceptors (Lipinski definition) is 7. The van der Waals surface area contributed by atoms with E-state index in [9.17, 15) is 9.59 Å². The molecule has 0 fully saturated rings. The summed E-state index contributed by atoms with van der Waals surface area (Å²) in [5.41, 5.74) is 1.94. The topological polar surface area (TPSA) is 103 Å². The van der Waals surface area contributed by atoms with Crippen LogP contribution in [0.3, 0.4) is 0 Å². The fraction of sp³-hybridized carbons (Fsp3) is 0.375. The van der Waals surface area contributed by atoms with E-state index < -0.39 is 0 Å². The van der Waals surface area contributed by atoms with Crippen LogP contribution in [-0.4, -0.2) is 30.5 Å². The van der Waals surface area contributed by atoms with Crippen LogP contribution in [0, 0.1) is 12.8 Å². The highest BCUT2D eigenvalue weighted by Gasteiger charge is 2.17. The monoisotopic (exact) mass is 471 g/mol. The van der Waals surface area contributed by atoms with E-state index >= 15 is 0 Å². The van der Waals surface area contributed by atoms with Gasteiger partial charge >= 0.3 is 0 Å². The first-order valence-electron chi connectivity index (χ1n) is 10.7. The number of rotatable bonds is 10. The van der Waals surface area contributed by atoms with Crippen molar-refractivity contribution < 1.29 is 23.5 Å². The zero-order chi connectivity index (χ0) is 24.0. The molecule has 1 aromatic carbocycles. The van der Waals surface area contributed by atoms with Gasteiger partial charge in [-0.1, -0.05) is 19.9 Å². The zero-order valence-electron chi connectivity index (χ0n) is 19.4. The lowest BCUT2D eigenvalue weighted by Crippen LogP contribution is -2.28. The lowest BCUT2D eigenvalue weighted by Gasteiger charge is -2.17. The molecule has 9 heteroatoms. The van der Waals surface area contributed by atoms with Gasteiger partial charge in [-0.05, 0) is 43.5 Å². The maximum absolute atomic E-state index is 12.6. The van der Waals surface area contributed by atoms with Crippen molar-refractivity contribution in [3.8, 4) is 11.5 Å². The number of hydrogen-bond donors (Lipinski definition) is 2. The van der Waals surface area contributed by atoms with Gasteiger partial charge in [0, 0.05) is 5.38 Å². The van der Waals surface area contributed by atoms with E-state index in [2.05, 4.69) is 29.5 Å². The van der Waals surface area contributed by atoms with Gasteiger partial charge in [0.25, 0.3) is 5.91 Å². The number of ether oxygens (including phenoxy) is 2. The quantitative estimate of drug-likeness (QED) is 0.442. The molecule has 0 aliphatic rings. The molecule has 0 saturated carbocycles. The van der Waals surface area contributed by atoms with E-state index in [0.717, 1.165) is 5.56 Å². The number of amides is 2. The fourth-order valence-corrected chi connectivity index (χ4v) is 3.81. The van der Waals surface area contributed by atoms with Crippen molar-refractivity contribution in [2.24, 2.45) is 5.92 Å². The van der Waals surface area contributed by atoms with Crippen LogP contribution in [0.25, 0.3) is 0 Å². The number of nitrogens with zero attached hydrogens (tertiary/aromatic N) is 1. The standard InChI is InChI=1S/C24H29N3O5S/c1-14(2)12-32-20-7-6-17(10-21(20)30-5)15(3)25-22(28)11-18-13-33-24(26-18)27-23(29)19-8-9-31-16(19)4/h6-10,13-15H,11-12H2,1-5H3,(H,25,28)(H,26,27,29). The molecule has 0 aliphatic carbocycles. The largest absolute Gasteiger partial charge is 0.493 e. The van der Waals surface area contributed by atoms with Gasteiger partial charge in [0.2, 0.25) is 5.91 Å². The van der Waals surface area contributed by atoms with E-state index in [1.54, 1.807) is 25.5 Å². The van der Waals surface area contributed by atoms with Crippen LogP contribution in [0.1, 0.15) is 54.2 Å².